The molecule has 0 spiro atoms. The molecule has 0 radical (unpaired) electrons. The number of nitrogens with two attached hydrogens (primary N) is 1. The number of ether oxygens (including phenoxy) is 1. The van der Waals surface area contributed by atoms with Crippen LogP contribution in [0.4, 0.5) is 0 Å². The summed E-state index contributed by atoms with van der Waals surface area (Å²) in [5.74, 6) is 2.67. The third-order valence-electron chi connectivity index (χ3n) is 4.25. The smallest absolute Gasteiger partial charge is 0.253 e. The molecule has 0 unspecified atom stereocenters. The molecule has 0 bridgehead atoms. The molecule has 1 atom stereocenters. The maximum absolute atomic E-state index is 12.8. The van der Waals surface area contributed by atoms with Crippen LogP contribution in [0.5, 0.6) is 5.75 Å². The molecule has 4 nitrogen and oxygen atoms in total. The van der Waals surface area contributed by atoms with E-state index in [9.17, 15) is 4.79 Å². The van der Waals surface area contributed by atoms with E-state index in [-0.39, 0.29) is 5.91 Å². The minimum Gasteiger partial charge on any atom is -0.493 e. The molecule has 1 saturated heterocycles. The van der Waals surface area contributed by atoms with E-state index in [2.05, 4.69) is 6.26 Å². The van der Waals surface area contributed by atoms with Crippen LogP contribution in [-0.4, -0.2) is 49.1 Å². The molecule has 1 aromatic carbocycles. The van der Waals surface area contributed by atoms with Crippen molar-refractivity contribution in [2.75, 3.05) is 38.2 Å². The van der Waals surface area contributed by atoms with Crippen molar-refractivity contribution >= 4 is 17.7 Å². The van der Waals surface area contributed by atoms with Crippen LogP contribution in [0.15, 0.2) is 18.2 Å². The van der Waals surface area contributed by atoms with Gasteiger partial charge in [0.2, 0.25) is 0 Å². The minimum atomic E-state index is 0.125. The zero-order valence-electron chi connectivity index (χ0n) is 14.2. The van der Waals surface area contributed by atoms with E-state index in [4.69, 9.17) is 10.5 Å². The fraction of sp³-hybridized carbons (Fsp3) is 0.611. The predicted molar refractivity (Wildman–Crippen MR) is 97.4 cm³/mol. The lowest BCUT2D eigenvalue weighted by Gasteiger charge is -2.32. The van der Waals surface area contributed by atoms with Gasteiger partial charge in [-0.2, -0.15) is 11.8 Å². The van der Waals surface area contributed by atoms with E-state index in [1.165, 1.54) is 6.42 Å². The van der Waals surface area contributed by atoms with Gasteiger partial charge >= 0.3 is 0 Å². The number of amides is 1. The van der Waals surface area contributed by atoms with Gasteiger partial charge in [0.15, 0.2) is 0 Å². The molecule has 5 heteroatoms. The van der Waals surface area contributed by atoms with Crippen molar-refractivity contribution in [1.29, 1.82) is 0 Å². The summed E-state index contributed by atoms with van der Waals surface area (Å²) in [7, 11) is 0. The Morgan fingerprint density at radius 2 is 2.30 bits per heavy atom. The number of piperidine rings is 1. The third-order valence-corrected chi connectivity index (χ3v) is 5.05. The van der Waals surface area contributed by atoms with Gasteiger partial charge in [-0.3, -0.25) is 4.79 Å². The Bertz CT molecular complexity index is 520. The molecule has 2 rings (SSSR count). The van der Waals surface area contributed by atoms with Gasteiger partial charge in [-0.1, -0.05) is 6.07 Å². The summed E-state index contributed by atoms with van der Waals surface area (Å²) >= 11 is 1.87. The maximum Gasteiger partial charge on any atom is 0.253 e. The van der Waals surface area contributed by atoms with Gasteiger partial charge in [0.1, 0.15) is 5.75 Å². The molecule has 1 aromatic rings. The number of carbonyl (C=O) groups is 1. The molecule has 1 heterocycles. The summed E-state index contributed by atoms with van der Waals surface area (Å²) in [6.45, 7) is 4.94. The Morgan fingerprint density at radius 1 is 1.48 bits per heavy atom. The normalized spacial score (nSPS) is 18.0. The number of carbonyl (C=O) groups excluding carboxylic acids is 1. The summed E-state index contributed by atoms with van der Waals surface area (Å²) in [6, 6.07) is 5.76. The number of hydrogen-bond acceptors (Lipinski definition) is 4. The molecular formula is C18H28N2O2S. The lowest BCUT2D eigenvalue weighted by molar-refractivity contribution is 0.0685. The van der Waals surface area contributed by atoms with E-state index in [1.807, 2.05) is 41.8 Å². The monoisotopic (exact) mass is 336 g/mol. The molecule has 2 N–H and O–H groups in total. The van der Waals surface area contributed by atoms with Crippen LogP contribution in [0.3, 0.4) is 0 Å². The van der Waals surface area contributed by atoms with Crippen LogP contribution in [0.25, 0.3) is 0 Å². The number of benzene rings is 1. The average Bonchev–Trinajstić information content (AvgIpc) is 2.57. The van der Waals surface area contributed by atoms with Gasteiger partial charge in [-0.05, 0) is 68.4 Å². The van der Waals surface area contributed by atoms with Crippen LogP contribution in [0, 0.1) is 12.8 Å². The Hall–Kier alpha value is -1.20. The SMILES string of the molecule is CSC[C@H]1CCCN(C(=O)c2ccc(C)c(OCCCN)c2)C1. The second-order valence-electron chi connectivity index (χ2n) is 6.19. The topological polar surface area (TPSA) is 55.6 Å². The van der Waals surface area contributed by atoms with Crippen LogP contribution < -0.4 is 10.5 Å². The molecule has 23 heavy (non-hydrogen) atoms. The highest BCUT2D eigenvalue weighted by Crippen LogP contribution is 2.24. The third kappa shape index (κ3) is 5.15. The van der Waals surface area contributed by atoms with Crippen molar-refractivity contribution < 1.29 is 9.53 Å². The average molecular weight is 337 g/mol. The maximum atomic E-state index is 12.8. The van der Waals surface area contributed by atoms with Gasteiger partial charge in [0, 0.05) is 18.7 Å². The standard InChI is InChI=1S/C18H28N2O2S/c1-14-6-7-16(11-17(14)22-10-4-8-19)18(21)20-9-3-5-15(12-20)13-23-2/h6-7,11,15H,3-5,8-10,12-13,19H2,1-2H3/t15-/m0/s1. The second-order valence-corrected chi connectivity index (χ2v) is 7.10. The highest BCUT2D eigenvalue weighted by Gasteiger charge is 2.24. The van der Waals surface area contributed by atoms with Crippen LogP contribution in [-0.2, 0) is 0 Å². The Labute approximate surface area is 143 Å². The Balaban J connectivity index is 2.04. The molecule has 128 valence electrons. The number of aryl methyl sites for hydroxylation is 1. The van der Waals surface area contributed by atoms with Crippen LogP contribution >= 0.6 is 11.8 Å². The highest BCUT2D eigenvalue weighted by atomic mass is 32.2. The molecule has 1 fully saturated rings. The van der Waals surface area contributed by atoms with Crippen molar-refractivity contribution in [1.82, 2.24) is 4.90 Å². The van der Waals surface area contributed by atoms with Gasteiger partial charge in [0.25, 0.3) is 5.91 Å². The molecule has 1 aliphatic rings. The quantitative estimate of drug-likeness (QED) is 0.778. The highest BCUT2D eigenvalue weighted by molar-refractivity contribution is 7.98. The van der Waals surface area contributed by atoms with Crippen molar-refractivity contribution in [3.63, 3.8) is 0 Å². The number of thioether (sulfide) groups is 1. The lowest BCUT2D eigenvalue weighted by Crippen LogP contribution is -2.40. The summed E-state index contributed by atoms with van der Waals surface area (Å²) in [4.78, 5) is 14.8. The van der Waals surface area contributed by atoms with Gasteiger partial charge < -0.3 is 15.4 Å². The Kier molecular flexibility index (Phi) is 7.24. The first kappa shape index (κ1) is 18.1. The van der Waals surface area contributed by atoms with Crippen molar-refractivity contribution in [3.8, 4) is 5.75 Å². The van der Waals surface area contributed by atoms with Gasteiger partial charge in [-0.15, -0.1) is 0 Å². The zero-order valence-corrected chi connectivity index (χ0v) is 15.0. The first-order valence-electron chi connectivity index (χ1n) is 8.37. The first-order valence-corrected chi connectivity index (χ1v) is 9.76. The zero-order chi connectivity index (χ0) is 16.7. The summed E-state index contributed by atoms with van der Waals surface area (Å²) in [6.07, 6.45) is 5.28. The molecular weight excluding hydrogens is 308 g/mol. The van der Waals surface area contributed by atoms with Crippen LogP contribution in [0.1, 0.15) is 35.2 Å². The summed E-state index contributed by atoms with van der Waals surface area (Å²) in [5.41, 5.74) is 7.28. The second kappa shape index (κ2) is 9.18. The van der Waals surface area contributed by atoms with E-state index >= 15 is 0 Å². The molecule has 1 aliphatic heterocycles. The van der Waals surface area contributed by atoms with E-state index in [0.29, 0.717) is 19.1 Å². The van der Waals surface area contributed by atoms with Crippen LogP contribution in [0.2, 0.25) is 0 Å². The fourth-order valence-corrected chi connectivity index (χ4v) is 3.70. The van der Waals surface area contributed by atoms with Crippen molar-refractivity contribution in [2.24, 2.45) is 11.7 Å². The largest absolute Gasteiger partial charge is 0.493 e. The van der Waals surface area contributed by atoms with Gasteiger partial charge in [0.05, 0.1) is 6.61 Å². The predicted octanol–water partition coefficient (Wildman–Crippen LogP) is 2.94. The summed E-state index contributed by atoms with van der Waals surface area (Å²) < 4.78 is 5.76. The Morgan fingerprint density at radius 3 is 3.04 bits per heavy atom. The fourth-order valence-electron chi connectivity index (χ4n) is 2.96. The minimum absolute atomic E-state index is 0.125. The number of nitrogens with zero attached hydrogens (tertiary/aromatic N) is 1. The van der Waals surface area contributed by atoms with Gasteiger partial charge in [-0.25, -0.2) is 0 Å². The van der Waals surface area contributed by atoms with E-state index in [1.54, 1.807) is 0 Å². The number of rotatable bonds is 7. The number of hydrogen-bond donors (Lipinski definition) is 1. The molecule has 0 aliphatic carbocycles. The van der Waals surface area contributed by atoms with Crippen molar-refractivity contribution in [2.45, 2.75) is 26.2 Å². The van der Waals surface area contributed by atoms with Crippen molar-refractivity contribution in [3.05, 3.63) is 29.3 Å². The first-order chi connectivity index (χ1) is 11.2. The molecule has 1 amide bonds. The number of likely N-dealkylation sites (tertiary alicyclic amines) is 1. The van der Waals surface area contributed by atoms with E-state index < -0.39 is 0 Å². The summed E-state index contributed by atoms with van der Waals surface area (Å²) in [5, 5.41) is 0. The van der Waals surface area contributed by atoms with E-state index in [0.717, 1.165) is 48.6 Å². The molecule has 0 aromatic heterocycles. The molecule has 0 saturated carbocycles. The lowest BCUT2D eigenvalue weighted by atomic mass is 9.99.